The van der Waals surface area contributed by atoms with Gasteiger partial charge in [0.1, 0.15) is 0 Å². The minimum Gasteiger partial charge on any atom is -0.392 e. The standard InChI is InChI=1S/C14H16Cl2O/c15-11-5-4-8(6-12(11)16)7-13(17)14-9-2-1-3-10(9)14/h4-6,9-10,13-14,17H,1-3,7H2. The molecule has 1 aromatic carbocycles. The molecular weight excluding hydrogens is 255 g/mol. The Labute approximate surface area is 112 Å². The van der Waals surface area contributed by atoms with Crippen LogP contribution in [-0.2, 0) is 6.42 Å². The van der Waals surface area contributed by atoms with Crippen LogP contribution in [0.1, 0.15) is 24.8 Å². The molecule has 0 heterocycles. The molecule has 1 nitrogen and oxygen atoms in total. The monoisotopic (exact) mass is 270 g/mol. The van der Waals surface area contributed by atoms with Crippen LogP contribution >= 0.6 is 23.2 Å². The van der Waals surface area contributed by atoms with Crippen molar-refractivity contribution in [2.75, 3.05) is 0 Å². The minimum absolute atomic E-state index is 0.206. The molecule has 0 bridgehead atoms. The first-order valence-corrected chi connectivity index (χ1v) is 7.04. The summed E-state index contributed by atoms with van der Waals surface area (Å²) >= 11 is 11.9. The number of aliphatic hydroxyl groups is 1. The molecule has 0 amide bonds. The number of hydrogen-bond acceptors (Lipinski definition) is 1. The van der Waals surface area contributed by atoms with Gasteiger partial charge in [-0.1, -0.05) is 35.7 Å². The summed E-state index contributed by atoms with van der Waals surface area (Å²) in [6.07, 6.45) is 4.48. The average molecular weight is 271 g/mol. The Bertz CT molecular complexity index is 422. The van der Waals surface area contributed by atoms with Crippen molar-refractivity contribution in [2.24, 2.45) is 17.8 Å². The number of halogens is 2. The molecule has 0 aliphatic heterocycles. The minimum atomic E-state index is -0.206. The predicted octanol–water partition coefficient (Wildman–Crippen LogP) is 3.94. The summed E-state index contributed by atoms with van der Waals surface area (Å²) in [5.74, 6) is 2.14. The first-order valence-electron chi connectivity index (χ1n) is 6.29. The predicted molar refractivity (Wildman–Crippen MR) is 70.5 cm³/mol. The molecule has 0 aromatic heterocycles. The van der Waals surface area contributed by atoms with Gasteiger partial charge in [-0.15, -0.1) is 0 Å². The second-order valence-electron chi connectivity index (χ2n) is 5.36. The van der Waals surface area contributed by atoms with Gasteiger partial charge in [0.25, 0.3) is 0 Å². The fourth-order valence-electron chi connectivity index (χ4n) is 3.49. The molecule has 2 fully saturated rings. The van der Waals surface area contributed by atoms with Crippen molar-refractivity contribution in [3.63, 3.8) is 0 Å². The molecule has 17 heavy (non-hydrogen) atoms. The molecule has 0 saturated heterocycles. The highest BCUT2D eigenvalue weighted by molar-refractivity contribution is 6.42. The van der Waals surface area contributed by atoms with E-state index in [9.17, 15) is 5.11 Å². The Morgan fingerprint density at radius 3 is 2.53 bits per heavy atom. The van der Waals surface area contributed by atoms with E-state index in [1.54, 1.807) is 6.07 Å². The van der Waals surface area contributed by atoms with Gasteiger partial charge in [0.15, 0.2) is 0 Å². The van der Waals surface area contributed by atoms with Crippen LogP contribution < -0.4 is 0 Å². The van der Waals surface area contributed by atoms with Crippen LogP contribution in [0.15, 0.2) is 18.2 Å². The molecule has 3 rings (SSSR count). The zero-order valence-corrected chi connectivity index (χ0v) is 11.1. The number of aliphatic hydroxyl groups excluding tert-OH is 1. The Kier molecular flexibility index (Phi) is 3.10. The molecule has 2 saturated carbocycles. The average Bonchev–Trinajstić information content (AvgIpc) is 2.78. The second kappa shape index (κ2) is 4.46. The van der Waals surface area contributed by atoms with Gasteiger partial charge in [0, 0.05) is 0 Å². The third-order valence-corrected chi connectivity index (χ3v) is 5.08. The van der Waals surface area contributed by atoms with E-state index in [0.29, 0.717) is 22.4 Å². The highest BCUT2D eigenvalue weighted by Gasteiger charge is 2.55. The lowest BCUT2D eigenvalue weighted by molar-refractivity contribution is 0.135. The van der Waals surface area contributed by atoms with Crippen molar-refractivity contribution in [3.8, 4) is 0 Å². The van der Waals surface area contributed by atoms with E-state index in [4.69, 9.17) is 23.2 Å². The molecule has 0 spiro atoms. The van der Waals surface area contributed by atoms with E-state index < -0.39 is 0 Å². The lowest BCUT2D eigenvalue weighted by Crippen LogP contribution is -2.16. The summed E-state index contributed by atoms with van der Waals surface area (Å²) in [6, 6.07) is 5.63. The van der Waals surface area contributed by atoms with Gasteiger partial charge in [-0.3, -0.25) is 0 Å². The highest BCUT2D eigenvalue weighted by Crippen LogP contribution is 2.59. The van der Waals surface area contributed by atoms with Crippen molar-refractivity contribution >= 4 is 23.2 Å². The normalized spacial score (nSPS) is 32.3. The topological polar surface area (TPSA) is 20.2 Å². The van der Waals surface area contributed by atoms with Crippen LogP contribution in [-0.4, -0.2) is 11.2 Å². The van der Waals surface area contributed by atoms with Crippen LogP contribution in [0.5, 0.6) is 0 Å². The van der Waals surface area contributed by atoms with E-state index in [0.717, 1.165) is 17.4 Å². The zero-order valence-electron chi connectivity index (χ0n) is 9.57. The maximum absolute atomic E-state index is 10.2. The van der Waals surface area contributed by atoms with Gasteiger partial charge in [-0.25, -0.2) is 0 Å². The second-order valence-corrected chi connectivity index (χ2v) is 6.17. The molecule has 3 unspecified atom stereocenters. The maximum atomic E-state index is 10.2. The third-order valence-electron chi connectivity index (χ3n) is 4.35. The highest BCUT2D eigenvalue weighted by atomic mass is 35.5. The largest absolute Gasteiger partial charge is 0.392 e. The molecule has 92 valence electrons. The molecule has 2 aliphatic carbocycles. The molecule has 3 heteroatoms. The summed E-state index contributed by atoms with van der Waals surface area (Å²) in [7, 11) is 0. The van der Waals surface area contributed by atoms with Gasteiger partial charge in [-0.2, -0.15) is 0 Å². The Morgan fingerprint density at radius 2 is 1.88 bits per heavy atom. The van der Waals surface area contributed by atoms with E-state index in [1.165, 1.54) is 19.3 Å². The molecule has 3 atom stereocenters. The molecule has 2 aliphatic rings. The lowest BCUT2D eigenvalue weighted by atomic mass is 10.00. The van der Waals surface area contributed by atoms with Crippen molar-refractivity contribution in [2.45, 2.75) is 31.8 Å². The molecular formula is C14H16Cl2O. The van der Waals surface area contributed by atoms with Crippen LogP contribution in [0.3, 0.4) is 0 Å². The van der Waals surface area contributed by atoms with Crippen molar-refractivity contribution in [1.29, 1.82) is 0 Å². The summed E-state index contributed by atoms with van der Waals surface area (Å²) in [6.45, 7) is 0. The van der Waals surface area contributed by atoms with Gasteiger partial charge in [-0.05, 0) is 54.7 Å². The zero-order chi connectivity index (χ0) is 12.0. The Hall–Kier alpha value is -0.240. The van der Waals surface area contributed by atoms with E-state index in [2.05, 4.69) is 0 Å². The lowest BCUT2D eigenvalue weighted by Gasteiger charge is -2.13. The Morgan fingerprint density at radius 1 is 1.18 bits per heavy atom. The fraction of sp³-hybridized carbons (Fsp3) is 0.571. The quantitative estimate of drug-likeness (QED) is 0.882. The summed E-state index contributed by atoms with van der Waals surface area (Å²) in [5.41, 5.74) is 1.08. The van der Waals surface area contributed by atoms with E-state index in [-0.39, 0.29) is 6.10 Å². The van der Waals surface area contributed by atoms with Gasteiger partial charge >= 0.3 is 0 Å². The smallest absolute Gasteiger partial charge is 0.0614 e. The van der Waals surface area contributed by atoms with E-state index >= 15 is 0 Å². The fourth-order valence-corrected chi connectivity index (χ4v) is 3.81. The van der Waals surface area contributed by atoms with Gasteiger partial charge < -0.3 is 5.11 Å². The number of benzene rings is 1. The van der Waals surface area contributed by atoms with Crippen molar-refractivity contribution in [1.82, 2.24) is 0 Å². The van der Waals surface area contributed by atoms with E-state index in [1.807, 2.05) is 12.1 Å². The van der Waals surface area contributed by atoms with Gasteiger partial charge in [0.2, 0.25) is 0 Å². The van der Waals surface area contributed by atoms with Crippen LogP contribution in [0.4, 0.5) is 0 Å². The van der Waals surface area contributed by atoms with Crippen molar-refractivity contribution < 1.29 is 5.11 Å². The number of hydrogen-bond donors (Lipinski definition) is 1. The Balaban J connectivity index is 1.64. The summed E-state index contributed by atoms with van der Waals surface area (Å²) in [4.78, 5) is 0. The summed E-state index contributed by atoms with van der Waals surface area (Å²) < 4.78 is 0. The van der Waals surface area contributed by atoms with Gasteiger partial charge in [0.05, 0.1) is 16.1 Å². The summed E-state index contributed by atoms with van der Waals surface area (Å²) in [5, 5.41) is 11.4. The van der Waals surface area contributed by atoms with Crippen LogP contribution in [0, 0.1) is 17.8 Å². The number of fused-ring (bicyclic) bond motifs is 1. The molecule has 1 aromatic rings. The SMILES string of the molecule is OC(Cc1ccc(Cl)c(Cl)c1)C1C2CCCC21. The van der Waals surface area contributed by atoms with Crippen LogP contribution in [0.2, 0.25) is 10.0 Å². The molecule has 0 radical (unpaired) electrons. The van der Waals surface area contributed by atoms with Crippen LogP contribution in [0.25, 0.3) is 0 Å². The maximum Gasteiger partial charge on any atom is 0.0614 e. The molecule has 1 N–H and O–H groups in total. The first-order chi connectivity index (χ1) is 8.16. The third kappa shape index (κ3) is 2.21. The van der Waals surface area contributed by atoms with Crippen molar-refractivity contribution in [3.05, 3.63) is 33.8 Å². The number of rotatable bonds is 3. The first kappa shape index (κ1) is 11.8.